The Morgan fingerprint density at radius 1 is 1.08 bits per heavy atom. The van der Waals surface area contributed by atoms with Crippen LogP contribution in [0.2, 0.25) is 0 Å². The molecular weight excluding hydrogens is 324 g/mol. The molecule has 3 rings (SSSR count). The average molecular weight is 348 g/mol. The van der Waals surface area contributed by atoms with E-state index in [-0.39, 0.29) is 18.1 Å². The lowest BCUT2D eigenvalue weighted by Crippen LogP contribution is -2.11. The number of aliphatic hydroxyl groups is 1. The summed E-state index contributed by atoms with van der Waals surface area (Å²) < 4.78 is 26.7. The van der Waals surface area contributed by atoms with Crippen LogP contribution in [0.15, 0.2) is 30.3 Å². The second-order valence-corrected chi connectivity index (χ2v) is 8.53. The molecule has 0 saturated heterocycles. The van der Waals surface area contributed by atoms with Crippen molar-refractivity contribution in [3.8, 4) is 5.69 Å². The minimum atomic E-state index is -3.16. The maximum absolute atomic E-state index is 12.4. The molecule has 130 valence electrons. The van der Waals surface area contributed by atoms with E-state index in [9.17, 15) is 8.42 Å². The predicted octanol–water partition coefficient (Wildman–Crippen LogP) is 2.44. The molecule has 0 saturated carbocycles. The van der Waals surface area contributed by atoms with Crippen molar-refractivity contribution in [2.24, 2.45) is 0 Å². The molecule has 1 aromatic heterocycles. The molecule has 6 heteroatoms. The predicted molar refractivity (Wildman–Crippen MR) is 94.0 cm³/mol. The second kappa shape index (κ2) is 7.49. The molecule has 1 N–H and O–H groups in total. The van der Waals surface area contributed by atoms with Crippen LogP contribution >= 0.6 is 0 Å². The third-order valence-electron chi connectivity index (χ3n) is 4.48. The van der Waals surface area contributed by atoms with Gasteiger partial charge in [0.1, 0.15) is 0 Å². The second-order valence-electron chi connectivity index (χ2n) is 6.35. The van der Waals surface area contributed by atoms with Gasteiger partial charge in [0, 0.05) is 12.3 Å². The monoisotopic (exact) mass is 348 g/mol. The van der Waals surface area contributed by atoms with E-state index in [2.05, 4.69) is 5.10 Å². The van der Waals surface area contributed by atoms with Crippen molar-refractivity contribution in [3.05, 3.63) is 47.3 Å². The molecule has 0 amide bonds. The molecule has 0 spiro atoms. The topological polar surface area (TPSA) is 72.2 Å². The van der Waals surface area contributed by atoms with E-state index in [1.165, 1.54) is 0 Å². The number of hydrogen-bond acceptors (Lipinski definition) is 4. The number of benzene rings is 1. The first-order valence-corrected chi connectivity index (χ1v) is 10.4. The van der Waals surface area contributed by atoms with Crippen molar-refractivity contribution in [1.29, 1.82) is 0 Å². The lowest BCUT2D eigenvalue weighted by molar-refractivity contribution is 0.284. The van der Waals surface area contributed by atoms with Crippen molar-refractivity contribution in [2.75, 3.05) is 12.4 Å². The Kier molecular flexibility index (Phi) is 5.36. The fourth-order valence-electron chi connectivity index (χ4n) is 3.30. The molecule has 24 heavy (non-hydrogen) atoms. The van der Waals surface area contributed by atoms with Crippen LogP contribution in [0.3, 0.4) is 0 Å². The van der Waals surface area contributed by atoms with Crippen molar-refractivity contribution in [2.45, 2.75) is 44.3 Å². The van der Waals surface area contributed by atoms with Crippen LogP contribution in [0.5, 0.6) is 0 Å². The highest BCUT2D eigenvalue weighted by molar-refractivity contribution is 7.90. The van der Waals surface area contributed by atoms with Gasteiger partial charge in [-0.2, -0.15) is 5.10 Å². The molecule has 0 atom stereocenters. The number of para-hydroxylation sites is 1. The Labute approximate surface area is 143 Å². The Balaban J connectivity index is 1.80. The van der Waals surface area contributed by atoms with Gasteiger partial charge in [-0.1, -0.05) is 24.6 Å². The highest BCUT2D eigenvalue weighted by atomic mass is 32.2. The summed E-state index contributed by atoms with van der Waals surface area (Å²) in [6.07, 6.45) is 4.93. The third kappa shape index (κ3) is 3.87. The lowest BCUT2D eigenvalue weighted by Gasteiger charge is -2.05. The number of aromatic nitrogens is 2. The molecular formula is C18H24N2O3S. The van der Waals surface area contributed by atoms with Crippen molar-refractivity contribution in [1.82, 2.24) is 9.78 Å². The minimum absolute atomic E-state index is 0.0221. The number of hydrogen-bond donors (Lipinski definition) is 1. The highest BCUT2D eigenvalue weighted by Gasteiger charge is 2.26. The van der Waals surface area contributed by atoms with E-state index in [0.29, 0.717) is 18.5 Å². The maximum atomic E-state index is 12.4. The number of fused-ring (bicyclic) bond motifs is 1. The zero-order chi connectivity index (χ0) is 17.0. The number of unbranched alkanes of at least 4 members (excludes halogenated alkanes) is 2. The van der Waals surface area contributed by atoms with Crippen LogP contribution in [0.25, 0.3) is 5.69 Å². The Morgan fingerprint density at radius 2 is 1.88 bits per heavy atom. The zero-order valence-corrected chi connectivity index (χ0v) is 14.6. The standard InChI is InChI=1S/C18H24N2O3S/c21-12-5-2-6-13-24(22,23)14-17-16-10-7-11-18(16)20(19-17)15-8-3-1-4-9-15/h1,3-4,8-9,21H,2,5-7,10-14H2. The number of sulfone groups is 1. The Hall–Kier alpha value is -1.66. The van der Waals surface area contributed by atoms with Gasteiger partial charge in [-0.25, -0.2) is 13.1 Å². The van der Waals surface area contributed by atoms with Crippen molar-refractivity contribution < 1.29 is 13.5 Å². The van der Waals surface area contributed by atoms with E-state index in [0.717, 1.165) is 42.6 Å². The number of rotatable bonds is 8. The molecule has 0 unspecified atom stereocenters. The van der Waals surface area contributed by atoms with Gasteiger partial charge in [-0.05, 0) is 49.8 Å². The van der Waals surface area contributed by atoms with Gasteiger partial charge in [0.15, 0.2) is 9.84 Å². The van der Waals surface area contributed by atoms with Gasteiger partial charge < -0.3 is 5.11 Å². The van der Waals surface area contributed by atoms with Crippen LogP contribution in [-0.4, -0.2) is 35.7 Å². The average Bonchev–Trinajstić information content (AvgIpc) is 3.16. The fourth-order valence-corrected chi connectivity index (χ4v) is 4.74. The molecule has 0 aliphatic heterocycles. The van der Waals surface area contributed by atoms with E-state index < -0.39 is 9.84 Å². The first-order valence-electron chi connectivity index (χ1n) is 8.57. The maximum Gasteiger partial charge on any atom is 0.156 e. The van der Waals surface area contributed by atoms with Crippen LogP contribution in [0.4, 0.5) is 0 Å². The van der Waals surface area contributed by atoms with Crippen LogP contribution in [-0.2, 0) is 28.4 Å². The lowest BCUT2D eigenvalue weighted by atomic mass is 10.2. The zero-order valence-electron chi connectivity index (χ0n) is 13.8. The van der Waals surface area contributed by atoms with E-state index >= 15 is 0 Å². The van der Waals surface area contributed by atoms with Gasteiger partial charge in [-0.15, -0.1) is 0 Å². The van der Waals surface area contributed by atoms with Gasteiger partial charge >= 0.3 is 0 Å². The Bertz CT molecular complexity index is 782. The van der Waals surface area contributed by atoms with Gasteiger partial charge in [0.25, 0.3) is 0 Å². The number of nitrogens with zero attached hydrogens (tertiary/aromatic N) is 2. The SMILES string of the molecule is O=S(=O)(CCCCCO)Cc1nn(-c2ccccc2)c2c1CCC2. The van der Waals surface area contributed by atoms with E-state index in [4.69, 9.17) is 5.11 Å². The molecule has 1 aliphatic carbocycles. The van der Waals surface area contributed by atoms with Crippen molar-refractivity contribution in [3.63, 3.8) is 0 Å². The van der Waals surface area contributed by atoms with Crippen LogP contribution in [0.1, 0.15) is 42.6 Å². The molecule has 5 nitrogen and oxygen atoms in total. The smallest absolute Gasteiger partial charge is 0.156 e. The summed E-state index contributed by atoms with van der Waals surface area (Å²) in [6, 6.07) is 9.90. The molecule has 0 fully saturated rings. The highest BCUT2D eigenvalue weighted by Crippen LogP contribution is 2.29. The first kappa shape index (κ1) is 17.2. The van der Waals surface area contributed by atoms with Gasteiger partial charge in [0.2, 0.25) is 0 Å². The third-order valence-corrected chi connectivity index (χ3v) is 6.11. The summed E-state index contributed by atoms with van der Waals surface area (Å²) in [5.41, 5.74) is 3.99. The molecule has 0 radical (unpaired) electrons. The molecule has 1 aliphatic rings. The Morgan fingerprint density at radius 3 is 2.62 bits per heavy atom. The van der Waals surface area contributed by atoms with E-state index in [1.54, 1.807) is 0 Å². The largest absolute Gasteiger partial charge is 0.396 e. The van der Waals surface area contributed by atoms with Crippen LogP contribution in [0, 0.1) is 0 Å². The summed E-state index contributed by atoms with van der Waals surface area (Å²) in [4.78, 5) is 0. The summed E-state index contributed by atoms with van der Waals surface area (Å²) in [5.74, 6) is 0.189. The van der Waals surface area contributed by atoms with Gasteiger partial charge in [0.05, 0.1) is 22.9 Å². The molecule has 2 aromatic rings. The van der Waals surface area contributed by atoms with Gasteiger partial charge in [-0.3, -0.25) is 0 Å². The van der Waals surface area contributed by atoms with E-state index in [1.807, 2.05) is 35.0 Å². The summed E-state index contributed by atoms with van der Waals surface area (Å²) in [5, 5.41) is 13.4. The molecule has 0 bridgehead atoms. The fraction of sp³-hybridized carbons (Fsp3) is 0.500. The first-order chi connectivity index (χ1) is 11.6. The number of aliphatic hydroxyl groups excluding tert-OH is 1. The molecule has 1 heterocycles. The minimum Gasteiger partial charge on any atom is -0.396 e. The summed E-state index contributed by atoms with van der Waals surface area (Å²) in [6.45, 7) is 0.120. The van der Waals surface area contributed by atoms with Crippen LogP contribution < -0.4 is 0 Å². The van der Waals surface area contributed by atoms with Crippen molar-refractivity contribution >= 4 is 9.84 Å². The summed E-state index contributed by atoms with van der Waals surface area (Å²) >= 11 is 0. The molecule has 1 aromatic carbocycles. The normalized spacial score (nSPS) is 14.0. The quantitative estimate of drug-likeness (QED) is 0.744. The summed E-state index contributed by atoms with van der Waals surface area (Å²) in [7, 11) is -3.16.